The maximum atomic E-state index is 13.1. The van der Waals surface area contributed by atoms with Crippen LogP contribution in [0.2, 0.25) is 0 Å². The highest BCUT2D eigenvalue weighted by molar-refractivity contribution is 7.97. The van der Waals surface area contributed by atoms with Crippen LogP contribution < -0.4 is 5.43 Å². The average Bonchev–Trinajstić information content (AvgIpc) is 2.76. The van der Waals surface area contributed by atoms with Crippen molar-refractivity contribution in [3.63, 3.8) is 0 Å². The maximum absolute atomic E-state index is 13.1. The highest BCUT2D eigenvalue weighted by Crippen LogP contribution is 2.32. The molecule has 0 fully saturated rings. The van der Waals surface area contributed by atoms with Gasteiger partial charge < -0.3 is 4.42 Å². The molecule has 1 heterocycles. The van der Waals surface area contributed by atoms with Gasteiger partial charge in [0.15, 0.2) is 14.7 Å². The smallest absolute Gasteiger partial charge is 0.200 e. The van der Waals surface area contributed by atoms with Gasteiger partial charge in [-0.1, -0.05) is 48.5 Å². The molecule has 0 aliphatic carbocycles. The van der Waals surface area contributed by atoms with Gasteiger partial charge in [-0.25, -0.2) is 0 Å². The topological polar surface area (TPSA) is 30.2 Å². The molecule has 0 spiro atoms. The fourth-order valence-electron chi connectivity index (χ4n) is 3.43. The number of rotatable bonds is 3. The summed E-state index contributed by atoms with van der Waals surface area (Å²) in [6, 6.07) is 34.2. The van der Waals surface area contributed by atoms with Crippen LogP contribution in [0.1, 0.15) is 0 Å². The number of para-hydroxylation sites is 1. The predicted molar refractivity (Wildman–Crippen MR) is 115 cm³/mol. The van der Waals surface area contributed by atoms with Crippen molar-refractivity contribution in [2.45, 2.75) is 14.7 Å². The lowest BCUT2D eigenvalue weighted by Crippen LogP contribution is -2.07. The molecule has 0 aliphatic rings. The van der Waals surface area contributed by atoms with Crippen molar-refractivity contribution in [3.8, 4) is 0 Å². The van der Waals surface area contributed by atoms with Gasteiger partial charge in [0.05, 0.1) is 21.7 Å². The molecule has 0 saturated carbocycles. The zero-order valence-electron chi connectivity index (χ0n) is 15.0. The first kappa shape index (κ1) is 16.8. The van der Waals surface area contributed by atoms with Crippen molar-refractivity contribution in [2.75, 3.05) is 0 Å². The predicted octanol–water partition coefficient (Wildman–Crippen LogP) is 6.04. The van der Waals surface area contributed by atoms with Gasteiger partial charge in [-0.2, -0.15) is 0 Å². The molecular formula is C25H17O2S+. The van der Waals surface area contributed by atoms with E-state index in [9.17, 15) is 4.79 Å². The van der Waals surface area contributed by atoms with Gasteiger partial charge in [0.1, 0.15) is 11.2 Å². The second-order valence-electron chi connectivity index (χ2n) is 6.52. The summed E-state index contributed by atoms with van der Waals surface area (Å²) in [7, 11) is -0.293. The molecule has 5 rings (SSSR count). The Bertz CT molecular complexity index is 1290. The summed E-state index contributed by atoms with van der Waals surface area (Å²) in [5.74, 6) is 0. The van der Waals surface area contributed by atoms with E-state index >= 15 is 0 Å². The Kier molecular flexibility index (Phi) is 4.22. The lowest BCUT2D eigenvalue weighted by Gasteiger charge is -2.09. The third-order valence-corrected chi connectivity index (χ3v) is 6.95. The van der Waals surface area contributed by atoms with Crippen molar-refractivity contribution >= 4 is 32.8 Å². The number of benzene rings is 4. The van der Waals surface area contributed by atoms with Gasteiger partial charge in [0.2, 0.25) is 5.43 Å². The molecule has 0 unspecified atom stereocenters. The monoisotopic (exact) mass is 381 g/mol. The minimum absolute atomic E-state index is 0.0170. The van der Waals surface area contributed by atoms with Crippen LogP contribution in [-0.4, -0.2) is 0 Å². The molecule has 134 valence electrons. The first-order valence-electron chi connectivity index (χ1n) is 9.11. The van der Waals surface area contributed by atoms with E-state index in [0.29, 0.717) is 21.9 Å². The van der Waals surface area contributed by atoms with E-state index in [-0.39, 0.29) is 16.3 Å². The second kappa shape index (κ2) is 7.02. The molecule has 0 saturated heterocycles. The summed E-state index contributed by atoms with van der Waals surface area (Å²) in [6.45, 7) is 0. The van der Waals surface area contributed by atoms with Gasteiger partial charge in [-0.15, -0.1) is 0 Å². The summed E-state index contributed by atoms with van der Waals surface area (Å²) in [4.78, 5) is 16.6. The molecule has 1 aromatic heterocycles. The van der Waals surface area contributed by atoms with Gasteiger partial charge in [0, 0.05) is 6.07 Å². The Balaban J connectivity index is 1.76. The SMILES string of the molecule is O=c1c2ccccc2oc2ccc([S+](c3ccccc3)c3ccccc3)cc12. The molecule has 0 aliphatic heterocycles. The average molecular weight is 381 g/mol. The van der Waals surface area contributed by atoms with Crippen molar-refractivity contribution < 1.29 is 4.42 Å². The van der Waals surface area contributed by atoms with E-state index in [1.165, 1.54) is 9.79 Å². The van der Waals surface area contributed by atoms with Gasteiger partial charge >= 0.3 is 0 Å². The summed E-state index contributed by atoms with van der Waals surface area (Å²) in [5.41, 5.74) is 1.26. The lowest BCUT2D eigenvalue weighted by atomic mass is 10.1. The normalized spacial score (nSPS) is 11.3. The summed E-state index contributed by atoms with van der Waals surface area (Å²) >= 11 is 0. The van der Waals surface area contributed by atoms with Crippen LogP contribution in [0.15, 0.2) is 127 Å². The van der Waals surface area contributed by atoms with Crippen molar-refractivity contribution in [3.05, 3.63) is 113 Å². The molecule has 28 heavy (non-hydrogen) atoms. The van der Waals surface area contributed by atoms with Crippen molar-refractivity contribution in [2.24, 2.45) is 0 Å². The second-order valence-corrected chi connectivity index (χ2v) is 8.54. The molecule has 0 atom stereocenters. The fraction of sp³-hybridized carbons (Fsp3) is 0. The van der Waals surface area contributed by atoms with Crippen LogP contribution in [0.3, 0.4) is 0 Å². The van der Waals surface area contributed by atoms with Crippen LogP contribution in [0, 0.1) is 0 Å². The van der Waals surface area contributed by atoms with E-state index in [0.717, 1.165) is 4.90 Å². The number of hydrogen-bond donors (Lipinski definition) is 0. The molecule has 0 amide bonds. The van der Waals surface area contributed by atoms with Crippen LogP contribution in [0.4, 0.5) is 0 Å². The zero-order valence-corrected chi connectivity index (χ0v) is 15.9. The molecule has 4 aromatic carbocycles. The van der Waals surface area contributed by atoms with Gasteiger partial charge in [-0.3, -0.25) is 4.79 Å². The molecule has 3 heteroatoms. The van der Waals surface area contributed by atoms with E-state index in [1.807, 2.05) is 48.5 Å². The molecule has 2 nitrogen and oxygen atoms in total. The minimum atomic E-state index is -0.293. The van der Waals surface area contributed by atoms with Crippen LogP contribution >= 0.6 is 0 Å². The third kappa shape index (κ3) is 2.90. The molecular weight excluding hydrogens is 364 g/mol. The van der Waals surface area contributed by atoms with Crippen LogP contribution in [0.25, 0.3) is 21.9 Å². The summed E-state index contributed by atoms with van der Waals surface area (Å²) < 4.78 is 5.98. The highest BCUT2D eigenvalue weighted by Gasteiger charge is 2.29. The Morgan fingerprint density at radius 2 is 1.11 bits per heavy atom. The molecule has 5 aromatic rings. The van der Waals surface area contributed by atoms with E-state index < -0.39 is 0 Å². The Morgan fingerprint density at radius 1 is 0.536 bits per heavy atom. The van der Waals surface area contributed by atoms with Crippen LogP contribution in [0.5, 0.6) is 0 Å². The molecule has 0 N–H and O–H groups in total. The lowest BCUT2D eigenvalue weighted by molar-refractivity contribution is 0.659. The van der Waals surface area contributed by atoms with Crippen LogP contribution in [-0.2, 0) is 10.9 Å². The fourth-order valence-corrected chi connectivity index (χ4v) is 5.55. The standard InChI is InChI=1S/C25H17O2S/c26-25-21-13-7-8-14-23(21)27-24-16-15-20(17-22(24)25)28(18-9-3-1-4-10-18)19-11-5-2-6-12-19/h1-17H/q+1. The first-order valence-corrected chi connectivity index (χ1v) is 10.3. The van der Waals surface area contributed by atoms with Crippen molar-refractivity contribution in [1.29, 1.82) is 0 Å². The van der Waals surface area contributed by atoms with Crippen molar-refractivity contribution in [1.82, 2.24) is 0 Å². The Hall–Kier alpha value is -3.30. The number of hydrogen-bond acceptors (Lipinski definition) is 2. The minimum Gasteiger partial charge on any atom is -0.456 e. The zero-order chi connectivity index (χ0) is 18.9. The van der Waals surface area contributed by atoms with E-state index in [4.69, 9.17) is 4.42 Å². The molecule has 0 bridgehead atoms. The van der Waals surface area contributed by atoms with Gasteiger partial charge in [0.25, 0.3) is 0 Å². The quantitative estimate of drug-likeness (QED) is 0.282. The van der Waals surface area contributed by atoms with Gasteiger partial charge in [-0.05, 0) is 48.5 Å². The highest BCUT2D eigenvalue weighted by atomic mass is 32.2. The van der Waals surface area contributed by atoms with E-state index in [1.54, 1.807) is 0 Å². The number of fused-ring (bicyclic) bond motifs is 2. The Morgan fingerprint density at radius 3 is 1.79 bits per heavy atom. The van der Waals surface area contributed by atoms with E-state index in [2.05, 4.69) is 54.6 Å². The molecule has 0 radical (unpaired) electrons. The Labute approximate surface area is 165 Å². The largest absolute Gasteiger partial charge is 0.456 e. The summed E-state index contributed by atoms with van der Waals surface area (Å²) in [5, 5.41) is 1.24. The summed E-state index contributed by atoms with van der Waals surface area (Å²) in [6.07, 6.45) is 0. The third-order valence-electron chi connectivity index (χ3n) is 4.74. The first-order chi connectivity index (χ1) is 13.8. The maximum Gasteiger partial charge on any atom is 0.200 e.